The Balaban J connectivity index is 1.66. The third-order valence-electron chi connectivity index (χ3n) is 5.74. The van der Waals surface area contributed by atoms with Crippen molar-refractivity contribution < 1.29 is 4.79 Å². The molecule has 0 bridgehead atoms. The summed E-state index contributed by atoms with van der Waals surface area (Å²) in [6.45, 7) is 4.02. The van der Waals surface area contributed by atoms with Gasteiger partial charge in [0.15, 0.2) is 0 Å². The number of thioether (sulfide) groups is 1. The summed E-state index contributed by atoms with van der Waals surface area (Å²) < 4.78 is 0. The van der Waals surface area contributed by atoms with Crippen LogP contribution in [0, 0.1) is 0 Å². The van der Waals surface area contributed by atoms with Crippen molar-refractivity contribution >= 4 is 17.7 Å². The van der Waals surface area contributed by atoms with Gasteiger partial charge in [0.05, 0.1) is 0 Å². The first-order chi connectivity index (χ1) is 11.3. The molecule has 3 aliphatic rings. The molecule has 2 heterocycles. The van der Waals surface area contributed by atoms with Crippen LogP contribution in [0.3, 0.4) is 0 Å². The summed E-state index contributed by atoms with van der Waals surface area (Å²) in [6.07, 6.45) is 5.60. The Labute approximate surface area is 143 Å². The van der Waals surface area contributed by atoms with Gasteiger partial charge in [0.25, 0.3) is 0 Å². The number of carbonyl (C=O) groups is 1. The predicted molar refractivity (Wildman–Crippen MR) is 95.9 cm³/mol. The fraction of sp³-hybridized carbons (Fsp3) is 0.632. The van der Waals surface area contributed by atoms with E-state index in [4.69, 9.17) is 0 Å². The third-order valence-corrected chi connectivity index (χ3v) is 6.68. The zero-order valence-corrected chi connectivity index (χ0v) is 14.6. The van der Waals surface area contributed by atoms with Gasteiger partial charge < -0.3 is 4.90 Å². The predicted octanol–water partition coefficient (Wildman–Crippen LogP) is 2.59. The van der Waals surface area contributed by atoms with Crippen molar-refractivity contribution in [2.45, 2.75) is 37.6 Å². The Morgan fingerprint density at radius 2 is 1.52 bits per heavy atom. The van der Waals surface area contributed by atoms with E-state index in [1.165, 1.54) is 30.4 Å². The molecule has 1 aliphatic carbocycles. The Morgan fingerprint density at radius 3 is 2.13 bits per heavy atom. The molecule has 124 valence electrons. The Bertz CT molecular complexity index is 551. The number of likely N-dealkylation sites (tertiary alicyclic amines) is 1. The van der Waals surface area contributed by atoms with E-state index in [9.17, 15) is 4.79 Å². The summed E-state index contributed by atoms with van der Waals surface area (Å²) in [5, 5.41) is 0. The second-order valence-electron chi connectivity index (χ2n) is 7.11. The molecule has 1 aromatic rings. The molecule has 3 nitrogen and oxygen atoms in total. The minimum absolute atomic E-state index is 0.299. The highest BCUT2D eigenvalue weighted by molar-refractivity contribution is 7.99. The Hall–Kier alpha value is -1.00. The first-order valence-electron chi connectivity index (χ1n) is 8.99. The van der Waals surface area contributed by atoms with Crippen molar-refractivity contribution in [2.24, 2.45) is 0 Å². The van der Waals surface area contributed by atoms with E-state index in [1.54, 1.807) is 0 Å². The number of benzene rings is 1. The van der Waals surface area contributed by atoms with E-state index in [-0.39, 0.29) is 5.54 Å². The molecule has 2 aliphatic heterocycles. The zero-order valence-electron chi connectivity index (χ0n) is 13.8. The lowest BCUT2D eigenvalue weighted by Gasteiger charge is -2.45. The van der Waals surface area contributed by atoms with Gasteiger partial charge in [0, 0.05) is 37.4 Å². The van der Waals surface area contributed by atoms with Crippen molar-refractivity contribution in [3.63, 3.8) is 0 Å². The van der Waals surface area contributed by atoms with Crippen LogP contribution < -0.4 is 0 Å². The van der Waals surface area contributed by atoms with Gasteiger partial charge in [0.1, 0.15) is 5.54 Å². The lowest BCUT2D eigenvalue weighted by atomic mass is 9.89. The lowest BCUT2D eigenvalue weighted by molar-refractivity contribution is -0.145. The van der Waals surface area contributed by atoms with Crippen molar-refractivity contribution in [1.82, 2.24) is 9.80 Å². The van der Waals surface area contributed by atoms with Crippen LogP contribution in [0.5, 0.6) is 0 Å². The van der Waals surface area contributed by atoms with Crippen LogP contribution in [0.1, 0.15) is 30.4 Å². The van der Waals surface area contributed by atoms with E-state index >= 15 is 0 Å². The van der Waals surface area contributed by atoms with Crippen LogP contribution in [-0.2, 0) is 17.6 Å². The molecule has 0 aromatic heterocycles. The highest BCUT2D eigenvalue weighted by Gasteiger charge is 2.50. The smallest absolute Gasteiger partial charge is 0.243 e. The Morgan fingerprint density at radius 1 is 0.913 bits per heavy atom. The normalized spacial score (nSPS) is 24.4. The molecule has 1 amide bonds. The van der Waals surface area contributed by atoms with Crippen LogP contribution in [0.2, 0.25) is 0 Å². The maximum atomic E-state index is 13.6. The minimum Gasteiger partial charge on any atom is -0.339 e. The second kappa shape index (κ2) is 6.48. The molecule has 4 heteroatoms. The fourth-order valence-electron chi connectivity index (χ4n) is 4.49. The monoisotopic (exact) mass is 330 g/mol. The topological polar surface area (TPSA) is 23.6 Å². The number of piperidine rings is 1. The summed E-state index contributed by atoms with van der Waals surface area (Å²) >= 11 is 1.97. The highest BCUT2D eigenvalue weighted by atomic mass is 32.2. The summed E-state index contributed by atoms with van der Waals surface area (Å²) in [4.78, 5) is 18.2. The van der Waals surface area contributed by atoms with Crippen LogP contribution in [-0.4, -0.2) is 58.9 Å². The molecular formula is C19H26N2OS. The molecule has 0 atom stereocenters. The highest BCUT2D eigenvalue weighted by Crippen LogP contribution is 2.38. The molecule has 0 saturated carbocycles. The minimum atomic E-state index is -0.299. The molecule has 0 N–H and O–H groups in total. The van der Waals surface area contributed by atoms with Gasteiger partial charge in [0.2, 0.25) is 5.91 Å². The van der Waals surface area contributed by atoms with E-state index in [0.717, 1.165) is 50.5 Å². The van der Waals surface area contributed by atoms with Crippen molar-refractivity contribution in [2.75, 3.05) is 37.7 Å². The number of fused-ring (bicyclic) bond motifs is 1. The summed E-state index contributed by atoms with van der Waals surface area (Å²) in [5.41, 5.74) is 2.47. The van der Waals surface area contributed by atoms with Gasteiger partial charge >= 0.3 is 0 Å². The number of nitrogens with zero attached hydrogens (tertiary/aromatic N) is 2. The molecular weight excluding hydrogens is 304 g/mol. The molecule has 23 heavy (non-hydrogen) atoms. The molecule has 0 spiro atoms. The average molecular weight is 330 g/mol. The van der Waals surface area contributed by atoms with Gasteiger partial charge in [-0.25, -0.2) is 0 Å². The van der Waals surface area contributed by atoms with Gasteiger partial charge in [-0.1, -0.05) is 30.7 Å². The fourth-order valence-corrected chi connectivity index (χ4v) is 5.39. The van der Waals surface area contributed by atoms with Crippen molar-refractivity contribution in [3.8, 4) is 0 Å². The number of carbonyl (C=O) groups excluding carboxylic acids is 1. The zero-order chi connectivity index (χ0) is 15.7. The van der Waals surface area contributed by atoms with Gasteiger partial charge in [-0.2, -0.15) is 11.8 Å². The van der Waals surface area contributed by atoms with Crippen LogP contribution in [0.4, 0.5) is 0 Å². The van der Waals surface area contributed by atoms with Gasteiger partial charge in [-0.05, 0) is 37.1 Å². The van der Waals surface area contributed by atoms with Crippen molar-refractivity contribution in [1.29, 1.82) is 0 Å². The largest absolute Gasteiger partial charge is 0.339 e. The van der Waals surface area contributed by atoms with Gasteiger partial charge in [-0.15, -0.1) is 0 Å². The summed E-state index contributed by atoms with van der Waals surface area (Å²) in [7, 11) is 0. The first kappa shape index (κ1) is 15.5. The second-order valence-corrected chi connectivity index (χ2v) is 8.33. The molecule has 0 unspecified atom stereocenters. The third kappa shape index (κ3) is 2.80. The van der Waals surface area contributed by atoms with E-state index in [0.29, 0.717) is 5.91 Å². The summed E-state index contributed by atoms with van der Waals surface area (Å²) in [6, 6.07) is 8.68. The van der Waals surface area contributed by atoms with E-state index < -0.39 is 0 Å². The van der Waals surface area contributed by atoms with E-state index in [2.05, 4.69) is 34.1 Å². The van der Waals surface area contributed by atoms with Crippen molar-refractivity contribution in [3.05, 3.63) is 35.4 Å². The molecule has 2 fully saturated rings. The molecule has 1 aromatic carbocycles. The van der Waals surface area contributed by atoms with Crippen LogP contribution >= 0.6 is 11.8 Å². The van der Waals surface area contributed by atoms with Crippen LogP contribution in [0.25, 0.3) is 0 Å². The standard InChI is InChI=1S/C19H26N2OS/c22-18(20-10-12-23-13-11-20)19(21-8-4-1-5-9-21)14-16-6-2-3-7-17(16)15-19/h2-3,6-7H,1,4-5,8-15H2. The summed E-state index contributed by atoms with van der Waals surface area (Å²) in [5.74, 6) is 2.58. The molecule has 0 radical (unpaired) electrons. The number of hydrogen-bond acceptors (Lipinski definition) is 3. The SMILES string of the molecule is O=C(N1CCSCC1)C1(N2CCCCC2)Cc2ccccc2C1. The Kier molecular flexibility index (Phi) is 4.37. The first-order valence-corrected chi connectivity index (χ1v) is 10.1. The van der Waals surface area contributed by atoms with Crippen LogP contribution in [0.15, 0.2) is 24.3 Å². The maximum Gasteiger partial charge on any atom is 0.243 e. The van der Waals surface area contributed by atoms with Gasteiger partial charge in [-0.3, -0.25) is 9.69 Å². The quantitative estimate of drug-likeness (QED) is 0.833. The lowest BCUT2D eigenvalue weighted by Crippen LogP contribution is -2.62. The van der Waals surface area contributed by atoms with E-state index in [1.807, 2.05) is 11.8 Å². The average Bonchev–Trinajstić information content (AvgIpc) is 3.03. The maximum absolute atomic E-state index is 13.6. The number of amides is 1. The molecule has 4 rings (SSSR count). The number of hydrogen-bond donors (Lipinski definition) is 0. The molecule has 2 saturated heterocycles. The number of rotatable bonds is 2.